The van der Waals surface area contributed by atoms with E-state index < -0.39 is 12.4 Å². The zero-order chi connectivity index (χ0) is 12.4. The fraction of sp³-hybridized carbons (Fsp3) is 0.417. The summed E-state index contributed by atoms with van der Waals surface area (Å²) in [4.78, 5) is 12.9. The first-order valence-corrected chi connectivity index (χ1v) is 5.75. The van der Waals surface area contributed by atoms with Gasteiger partial charge in [-0.25, -0.2) is 4.79 Å². The molecular formula is C12H14ClNO3. The molecular weight excluding hydrogens is 242 g/mol. The Morgan fingerprint density at radius 2 is 2.06 bits per heavy atom. The van der Waals surface area contributed by atoms with Gasteiger partial charge in [-0.1, -0.05) is 24.3 Å². The number of ether oxygens (including phenoxy) is 2. The molecule has 1 aromatic carbocycles. The molecule has 2 rings (SSSR count). The fourth-order valence-electron chi connectivity index (χ4n) is 1.66. The van der Waals surface area contributed by atoms with Gasteiger partial charge >= 0.3 is 6.09 Å². The average molecular weight is 256 g/mol. The first-order valence-electron chi connectivity index (χ1n) is 5.32. The number of carbonyl (C=O) groups excluding carboxylic acids is 1. The van der Waals surface area contributed by atoms with Crippen molar-refractivity contribution >= 4 is 17.7 Å². The highest BCUT2D eigenvalue weighted by Crippen LogP contribution is 2.36. The summed E-state index contributed by atoms with van der Waals surface area (Å²) in [5, 5.41) is -0.194. The molecule has 0 saturated carbocycles. The summed E-state index contributed by atoms with van der Waals surface area (Å²) in [6.45, 7) is 0.337. The van der Waals surface area contributed by atoms with Crippen LogP contribution in [0.25, 0.3) is 0 Å². The normalized spacial score (nSPS) is 22.8. The molecule has 17 heavy (non-hydrogen) atoms. The van der Waals surface area contributed by atoms with Crippen molar-refractivity contribution in [2.45, 2.75) is 11.7 Å². The predicted octanol–water partition coefficient (Wildman–Crippen LogP) is 2.69. The third-order valence-electron chi connectivity index (χ3n) is 2.55. The summed E-state index contributed by atoms with van der Waals surface area (Å²) >= 11 is 6.14. The minimum absolute atomic E-state index is 0.194. The van der Waals surface area contributed by atoms with Gasteiger partial charge in [0, 0.05) is 19.7 Å². The molecule has 0 fully saturated rings. The maximum absolute atomic E-state index is 11.5. The summed E-state index contributed by atoms with van der Waals surface area (Å²) in [6, 6.07) is 7.56. The molecule has 1 aliphatic heterocycles. The van der Waals surface area contributed by atoms with Crippen molar-refractivity contribution in [2.24, 2.45) is 0 Å². The van der Waals surface area contributed by atoms with Gasteiger partial charge in [0.25, 0.3) is 0 Å². The van der Waals surface area contributed by atoms with Gasteiger partial charge in [-0.2, -0.15) is 0 Å². The van der Waals surface area contributed by atoms with Gasteiger partial charge in [0.1, 0.15) is 0 Å². The van der Waals surface area contributed by atoms with Crippen LogP contribution < -0.4 is 0 Å². The van der Waals surface area contributed by atoms with Crippen LogP contribution in [0.5, 0.6) is 0 Å². The number of amides is 1. The topological polar surface area (TPSA) is 38.8 Å². The highest BCUT2D eigenvalue weighted by Gasteiger charge is 2.29. The van der Waals surface area contributed by atoms with Crippen LogP contribution in [0.4, 0.5) is 4.79 Å². The minimum atomic E-state index is -0.670. The number of alkyl halides is 1. The van der Waals surface area contributed by atoms with E-state index in [2.05, 4.69) is 0 Å². The van der Waals surface area contributed by atoms with Crippen LogP contribution in [0, 0.1) is 0 Å². The van der Waals surface area contributed by atoms with Crippen molar-refractivity contribution in [3.05, 3.63) is 35.4 Å². The second-order valence-corrected chi connectivity index (χ2v) is 4.57. The molecule has 1 amide bonds. The van der Waals surface area contributed by atoms with E-state index in [4.69, 9.17) is 21.1 Å². The van der Waals surface area contributed by atoms with Crippen LogP contribution >= 0.6 is 11.6 Å². The van der Waals surface area contributed by atoms with Crippen LogP contribution in [0.3, 0.4) is 0 Å². The van der Waals surface area contributed by atoms with Gasteiger partial charge in [0.15, 0.2) is 0 Å². The Bertz CT molecular complexity index is 422. The number of benzene rings is 1. The van der Waals surface area contributed by atoms with Crippen LogP contribution in [0.15, 0.2) is 24.3 Å². The number of rotatable bonds is 1. The Hall–Kier alpha value is -1.26. The highest BCUT2D eigenvalue weighted by atomic mass is 35.5. The molecule has 0 saturated heterocycles. The molecule has 0 aromatic heterocycles. The fourth-order valence-corrected chi connectivity index (χ4v) is 1.93. The lowest BCUT2D eigenvalue weighted by Crippen LogP contribution is -2.28. The Morgan fingerprint density at radius 1 is 1.41 bits per heavy atom. The van der Waals surface area contributed by atoms with E-state index >= 15 is 0 Å². The van der Waals surface area contributed by atoms with E-state index in [1.165, 1.54) is 4.90 Å². The molecule has 1 aliphatic rings. The smallest absolute Gasteiger partial charge is 0.411 e. The monoisotopic (exact) mass is 255 g/mol. The van der Waals surface area contributed by atoms with Gasteiger partial charge in [-0.15, -0.1) is 11.6 Å². The Balaban J connectivity index is 2.21. The number of hydrogen-bond acceptors (Lipinski definition) is 3. The number of nitrogens with zero attached hydrogens (tertiary/aromatic N) is 1. The van der Waals surface area contributed by atoms with Crippen molar-refractivity contribution in [2.75, 3.05) is 20.7 Å². The van der Waals surface area contributed by atoms with Crippen LogP contribution in [-0.4, -0.2) is 31.7 Å². The van der Waals surface area contributed by atoms with Crippen molar-refractivity contribution < 1.29 is 14.3 Å². The van der Waals surface area contributed by atoms with Crippen molar-refractivity contribution in [1.29, 1.82) is 0 Å². The quantitative estimate of drug-likeness (QED) is 0.725. The largest absolute Gasteiger partial charge is 0.415 e. The van der Waals surface area contributed by atoms with Gasteiger partial charge in [-0.3, -0.25) is 0 Å². The van der Waals surface area contributed by atoms with Gasteiger partial charge in [0.2, 0.25) is 6.29 Å². The lowest BCUT2D eigenvalue weighted by Gasteiger charge is -2.29. The minimum Gasteiger partial charge on any atom is -0.415 e. The van der Waals surface area contributed by atoms with E-state index in [0.29, 0.717) is 6.61 Å². The molecule has 0 aliphatic carbocycles. The summed E-state index contributed by atoms with van der Waals surface area (Å²) < 4.78 is 10.7. The number of hydrogen-bond donors (Lipinski definition) is 0. The lowest BCUT2D eigenvalue weighted by atomic mass is 10.0. The molecule has 0 spiro atoms. The standard InChI is InChI=1S/C12H14ClNO3/c1-14(2)12(15)17-11-9-6-4-3-5-8(9)10(13)7-16-11/h3-6,10-11H,7H2,1-2H3. The molecule has 1 heterocycles. The first kappa shape index (κ1) is 12.2. The van der Waals surface area contributed by atoms with Gasteiger partial charge in [-0.05, 0) is 5.56 Å². The molecule has 2 atom stereocenters. The third-order valence-corrected chi connectivity index (χ3v) is 2.92. The average Bonchev–Trinajstić information content (AvgIpc) is 2.33. The number of fused-ring (bicyclic) bond motifs is 1. The van der Waals surface area contributed by atoms with E-state index in [-0.39, 0.29) is 5.38 Å². The number of carbonyl (C=O) groups is 1. The lowest BCUT2D eigenvalue weighted by molar-refractivity contribution is -0.121. The summed E-state index contributed by atoms with van der Waals surface area (Å²) in [5.41, 5.74) is 1.77. The molecule has 92 valence electrons. The maximum Gasteiger partial charge on any atom is 0.411 e. The first-order chi connectivity index (χ1) is 8.09. The predicted molar refractivity (Wildman–Crippen MR) is 63.9 cm³/mol. The highest BCUT2D eigenvalue weighted by molar-refractivity contribution is 6.21. The van der Waals surface area contributed by atoms with Crippen LogP contribution in [0.1, 0.15) is 22.8 Å². The Labute approximate surface area is 105 Å². The van der Waals surface area contributed by atoms with Crippen molar-refractivity contribution in [1.82, 2.24) is 4.90 Å². The van der Waals surface area contributed by atoms with Crippen molar-refractivity contribution in [3.8, 4) is 0 Å². The Kier molecular flexibility index (Phi) is 3.54. The third kappa shape index (κ3) is 2.53. The van der Waals surface area contributed by atoms with E-state index in [1.807, 2.05) is 24.3 Å². The van der Waals surface area contributed by atoms with Crippen LogP contribution in [0.2, 0.25) is 0 Å². The second-order valence-electron chi connectivity index (χ2n) is 4.04. The molecule has 0 N–H and O–H groups in total. The zero-order valence-corrected chi connectivity index (χ0v) is 10.5. The molecule has 5 heteroatoms. The molecule has 1 aromatic rings. The summed E-state index contributed by atoms with van der Waals surface area (Å²) in [5.74, 6) is 0. The van der Waals surface area contributed by atoms with Crippen LogP contribution in [-0.2, 0) is 9.47 Å². The van der Waals surface area contributed by atoms with Crippen molar-refractivity contribution in [3.63, 3.8) is 0 Å². The van der Waals surface area contributed by atoms with E-state index in [0.717, 1.165) is 11.1 Å². The zero-order valence-electron chi connectivity index (χ0n) is 9.72. The summed E-state index contributed by atoms with van der Waals surface area (Å²) in [7, 11) is 3.25. The Morgan fingerprint density at radius 3 is 2.71 bits per heavy atom. The number of halogens is 1. The molecule has 4 nitrogen and oxygen atoms in total. The molecule has 0 bridgehead atoms. The molecule has 0 radical (unpaired) electrons. The maximum atomic E-state index is 11.5. The van der Waals surface area contributed by atoms with Gasteiger partial charge in [0.05, 0.1) is 12.0 Å². The second kappa shape index (κ2) is 4.94. The van der Waals surface area contributed by atoms with E-state index in [1.54, 1.807) is 14.1 Å². The van der Waals surface area contributed by atoms with E-state index in [9.17, 15) is 4.79 Å². The summed E-state index contributed by atoms with van der Waals surface area (Å²) in [6.07, 6.45) is -1.10. The molecule has 2 unspecified atom stereocenters. The SMILES string of the molecule is CN(C)C(=O)OC1OCC(Cl)c2ccccc21. The van der Waals surface area contributed by atoms with Gasteiger partial charge < -0.3 is 14.4 Å².